The molecule has 24 heavy (non-hydrogen) atoms. The van der Waals surface area contributed by atoms with Crippen molar-refractivity contribution in [3.05, 3.63) is 28.3 Å². The van der Waals surface area contributed by atoms with Gasteiger partial charge in [0.15, 0.2) is 0 Å². The summed E-state index contributed by atoms with van der Waals surface area (Å²) in [5.41, 5.74) is 1.84. The zero-order valence-electron chi connectivity index (χ0n) is 14.0. The summed E-state index contributed by atoms with van der Waals surface area (Å²) in [6, 6.07) is 4.01. The first-order valence-electron chi connectivity index (χ1n) is 8.18. The van der Waals surface area contributed by atoms with Crippen LogP contribution in [0.2, 0.25) is 5.02 Å². The number of ether oxygens (including phenoxy) is 1. The maximum atomic E-state index is 10.6. The molecule has 0 saturated carbocycles. The summed E-state index contributed by atoms with van der Waals surface area (Å²) in [6.45, 7) is 7.56. The van der Waals surface area contributed by atoms with E-state index < -0.39 is 0 Å². The number of phenolic OH excluding ortho intramolecular Hbond substituents is 1. The molecule has 0 aromatic heterocycles. The maximum Gasteiger partial charge on any atom is 0.123 e. The Morgan fingerprint density at radius 3 is 2.46 bits per heavy atom. The summed E-state index contributed by atoms with van der Waals surface area (Å²) >= 11 is 6.28. The van der Waals surface area contributed by atoms with Gasteiger partial charge in [-0.25, -0.2) is 0 Å². The summed E-state index contributed by atoms with van der Waals surface area (Å²) in [7, 11) is 0. The third kappa shape index (κ3) is 4.90. The molecule has 138 valence electrons. The Balaban J connectivity index is 0.00000144. The van der Waals surface area contributed by atoms with Crippen LogP contribution in [0.3, 0.4) is 0 Å². The molecule has 1 atom stereocenters. The quantitative estimate of drug-likeness (QED) is 0.818. The Bertz CT molecular complexity index is 501. The lowest BCUT2D eigenvalue weighted by atomic mass is 9.84. The number of rotatable bonds is 3. The van der Waals surface area contributed by atoms with E-state index in [-0.39, 0.29) is 30.9 Å². The second-order valence-electron chi connectivity index (χ2n) is 6.34. The van der Waals surface area contributed by atoms with Gasteiger partial charge in [0.25, 0.3) is 0 Å². The lowest BCUT2D eigenvalue weighted by Gasteiger charge is -2.41. The summed E-state index contributed by atoms with van der Waals surface area (Å²) < 4.78 is 5.53. The van der Waals surface area contributed by atoms with E-state index in [1.807, 2.05) is 19.1 Å². The van der Waals surface area contributed by atoms with Gasteiger partial charge in [-0.2, -0.15) is 0 Å². The molecule has 7 heteroatoms. The third-order valence-electron chi connectivity index (χ3n) is 4.87. The van der Waals surface area contributed by atoms with E-state index in [1.54, 1.807) is 0 Å². The second kappa shape index (κ2) is 10.0. The molecule has 2 aliphatic heterocycles. The number of halogens is 3. The van der Waals surface area contributed by atoms with E-state index in [1.165, 1.54) is 0 Å². The highest BCUT2D eigenvalue weighted by atomic mass is 35.5. The van der Waals surface area contributed by atoms with Crippen LogP contribution in [0.25, 0.3) is 0 Å². The average Bonchev–Trinajstić information content (AvgIpc) is 2.54. The number of hydrogen-bond donors (Lipinski definition) is 2. The summed E-state index contributed by atoms with van der Waals surface area (Å²) in [4.78, 5) is 2.50. The van der Waals surface area contributed by atoms with Crippen LogP contribution in [0.4, 0.5) is 0 Å². The van der Waals surface area contributed by atoms with Gasteiger partial charge < -0.3 is 15.2 Å². The Kier molecular flexibility index (Phi) is 9.13. The first-order chi connectivity index (χ1) is 10.7. The highest BCUT2D eigenvalue weighted by molar-refractivity contribution is 6.30. The molecule has 2 aliphatic rings. The molecule has 0 unspecified atom stereocenters. The first kappa shape index (κ1) is 21.8. The lowest BCUT2D eigenvalue weighted by Crippen LogP contribution is -2.47. The van der Waals surface area contributed by atoms with Crippen molar-refractivity contribution in [3.8, 4) is 5.75 Å². The van der Waals surface area contributed by atoms with Gasteiger partial charge in [0.05, 0.1) is 0 Å². The van der Waals surface area contributed by atoms with Gasteiger partial charge in [0.2, 0.25) is 0 Å². The summed E-state index contributed by atoms with van der Waals surface area (Å²) in [5, 5.41) is 14.7. The zero-order valence-corrected chi connectivity index (χ0v) is 16.4. The Morgan fingerprint density at radius 2 is 1.83 bits per heavy atom. The van der Waals surface area contributed by atoms with Crippen molar-refractivity contribution in [2.75, 3.05) is 39.4 Å². The van der Waals surface area contributed by atoms with E-state index in [4.69, 9.17) is 16.3 Å². The van der Waals surface area contributed by atoms with Crippen molar-refractivity contribution in [1.29, 1.82) is 0 Å². The fraction of sp³-hybridized carbons (Fsp3) is 0.647. The lowest BCUT2D eigenvalue weighted by molar-refractivity contribution is 0.0206. The van der Waals surface area contributed by atoms with Crippen LogP contribution >= 0.6 is 36.4 Å². The summed E-state index contributed by atoms with van der Waals surface area (Å²) in [5.74, 6) is 0.912. The number of aromatic hydroxyl groups is 1. The van der Waals surface area contributed by atoms with Gasteiger partial charge in [-0.1, -0.05) is 11.6 Å². The number of piperazine rings is 1. The largest absolute Gasteiger partial charge is 0.507 e. The van der Waals surface area contributed by atoms with Gasteiger partial charge in [-0.3, -0.25) is 4.90 Å². The molecule has 0 bridgehead atoms. The predicted octanol–water partition coefficient (Wildman–Crippen LogP) is 3.57. The standard InChI is InChI=1S/C17H25ClN2O2.2ClH/c1-12-10-14(18)11-15(17(12)21)16(13-2-8-22-9-3-13)20-6-4-19-5-7-20;;/h10-11,13,16,19,21H,2-9H2,1H3;2*1H/t16-;;/m1../s1. The Labute approximate surface area is 161 Å². The highest BCUT2D eigenvalue weighted by Crippen LogP contribution is 2.41. The molecule has 3 rings (SSSR count). The number of phenols is 1. The normalized spacial score (nSPS) is 20.8. The van der Waals surface area contributed by atoms with Gasteiger partial charge in [-0.15, -0.1) is 24.8 Å². The Hall–Kier alpha value is -0.230. The second-order valence-corrected chi connectivity index (χ2v) is 6.78. The van der Waals surface area contributed by atoms with Crippen molar-refractivity contribution in [1.82, 2.24) is 10.2 Å². The maximum absolute atomic E-state index is 10.6. The number of aryl methyl sites for hydroxylation is 1. The van der Waals surface area contributed by atoms with Gasteiger partial charge in [0, 0.05) is 56.0 Å². The molecule has 0 radical (unpaired) electrons. The van der Waals surface area contributed by atoms with Crippen molar-refractivity contribution in [2.24, 2.45) is 5.92 Å². The van der Waals surface area contributed by atoms with Crippen molar-refractivity contribution in [2.45, 2.75) is 25.8 Å². The minimum atomic E-state index is 0. The fourth-order valence-corrected chi connectivity index (χ4v) is 4.01. The summed E-state index contributed by atoms with van der Waals surface area (Å²) in [6.07, 6.45) is 2.08. The minimum Gasteiger partial charge on any atom is -0.507 e. The molecule has 2 N–H and O–H groups in total. The molecule has 0 aliphatic carbocycles. The van der Waals surface area contributed by atoms with E-state index in [0.29, 0.717) is 16.7 Å². The number of hydrogen-bond acceptors (Lipinski definition) is 4. The van der Waals surface area contributed by atoms with Gasteiger partial charge in [-0.05, 0) is 43.4 Å². The van der Waals surface area contributed by atoms with Gasteiger partial charge >= 0.3 is 0 Å². The average molecular weight is 398 g/mol. The zero-order chi connectivity index (χ0) is 15.5. The minimum absolute atomic E-state index is 0. The molecule has 2 saturated heterocycles. The molecular weight excluding hydrogens is 371 g/mol. The molecule has 1 aromatic carbocycles. The van der Waals surface area contributed by atoms with Crippen LogP contribution in [0.15, 0.2) is 12.1 Å². The molecule has 1 aromatic rings. The van der Waals surface area contributed by atoms with Crippen LogP contribution < -0.4 is 5.32 Å². The Morgan fingerprint density at radius 1 is 1.21 bits per heavy atom. The van der Waals surface area contributed by atoms with Crippen molar-refractivity contribution >= 4 is 36.4 Å². The van der Waals surface area contributed by atoms with Crippen LogP contribution in [-0.4, -0.2) is 49.4 Å². The molecule has 4 nitrogen and oxygen atoms in total. The first-order valence-corrected chi connectivity index (χ1v) is 8.56. The molecule has 2 heterocycles. The third-order valence-corrected chi connectivity index (χ3v) is 5.09. The van der Waals surface area contributed by atoms with Crippen LogP contribution in [0.5, 0.6) is 5.75 Å². The van der Waals surface area contributed by atoms with Gasteiger partial charge in [0.1, 0.15) is 5.75 Å². The molecule has 0 amide bonds. The van der Waals surface area contributed by atoms with Crippen molar-refractivity contribution < 1.29 is 9.84 Å². The SMILES string of the molecule is Cc1cc(Cl)cc([C@@H](C2CCOCC2)N2CCNCC2)c1O.Cl.Cl. The number of nitrogens with one attached hydrogen (secondary N) is 1. The number of benzene rings is 1. The van der Waals surface area contributed by atoms with E-state index >= 15 is 0 Å². The van der Waals surface area contributed by atoms with Crippen molar-refractivity contribution in [3.63, 3.8) is 0 Å². The molecule has 0 spiro atoms. The molecular formula is C17H27Cl3N2O2. The van der Waals surface area contributed by atoms with Crippen LogP contribution in [0.1, 0.15) is 30.0 Å². The highest BCUT2D eigenvalue weighted by Gasteiger charge is 2.33. The topological polar surface area (TPSA) is 44.7 Å². The van der Waals surface area contributed by atoms with E-state index in [9.17, 15) is 5.11 Å². The van der Waals surface area contributed by atoms with E-state index in [2.05, 4.69) is 10.2 Å². The fourth-order valence-electron chi connectivity index (χ4n) is 3.73. The predicted molar refractivity (Wildman–Crippen MR) is 103 cm³/mol. The molecule has 2 fully saturated rings. The van der Waals surface area contributed by atoms with Crippen LogP contribution in [-0.2, 0) is 4.74 Å². The number of nitrogens with zero attached hydrogens (tertiary/aromatic N) is 1. The smallest absolute Gasteiger partial charge is 0.123 e. The monoisotopic (exact) mass is 396 g/mol. The van der Waals surface area contributed by atoms with Crippen LogP contribution in [0, 0.1) is 12.8 Å². The van der Waals surface area contributed by atoms with E-state index in [0.717, 1.165) is 63.4 Å².